The predicted octanol–water partition coefficient (Wildman–Crippen LogP) is 3.20. The number of rotatable bonds is 9. The fourth-order valence-corrected chi connectivity index (χ4v) is 2.88. The largest absolute Gasteiger partial charge is 0.493 e. The number of ether oxygens (including phenoxy) is 2. The summed E-state index contributed by atoms with van der Waals surface area (Å²) < 4.78 is 10.9. The highest BCUT2D eigenvalue weighted by atomic mass is 35.5. The zero-order valence-electron chi connectivity index (χ0n) is 16.2. The van der Waals surface area contributed by atoms with E-state index in [2.05, 4.69) is 9.97 Å². The Bertz CT molecular complexity index is 986. The number of nitrogens with two attached hydrogens (primary N) is 2. The van der Waals surface area contributed by atoms with Gasteiger partial charge in [-0.1, -0.05) is 36.4 Å². The highest BCUT2D eigenvalue weighted by molar-refractivity contribution is 5.85. The van der Waals surface area contributed by atoms with E-state index in [0.717, 1.165) is 16.8 Å². The number of nitrogens with zero attached hydrogens (tertiary/aromatic N) is 2. The summed E-state index contributed by atoms with van der Waals surface area (Å²) in [4.78, 5) is 19.0. The van der Waals surface area contributed by atoms with Crippen LogP contribution in [0.2, 0.25) is 0 Å². The Morgan fingerprint density at radius 3 is 2.37 bits per heavy atom. The van der Waals surface area contributed by atoms with Crippen molar-refractivity contribution in [3.8, 4) is 22.6 Å². The molecule has 1 heterocycles. The number of carboxylic acid groups (broad SMARTS) is 1. The number of nitrogen functional groups attached to an aromatic ring is 2. The van der Waals surface area contributed by atoms with Crippen LogP contribution in [0.15, 0.2) is 54.6 Å². The molecule has 0 bridgehead atoms. The molecule has 0 aliphatic heterocycles. The van der Waals surface area contributed by atoms with E-state index in [1.807, 2.05) is 30.3 Å². The molecule has 0 fully saturated rings. The Balaban J connectivity index is 0.00000320. The maximum absolute atomic E-state index is 10.6. The van der Waals surface area contributed by atoms with Crippen LogP contribution in [-0.2, 0) is 11.2 Å². The molecule has 0 amide bonds. The first-order chi connectivity index (χ1) is 14.0. The molecule has 8 nitrogen and oxygen atoms in total. The monoisotopic (exact) mass is 430 g/mol. The van der Waals surface area contributed by atoms with Gasteiger partial charge in [0.2, 0.25) is 5.95 Å². The number of aryl methyl sites for hydroxylation is 1. The molecule has 0 aliphatic carbocycles. The average molecular weight is 431 g/mol. The van der Waals surface area contributed by atoms with Gasteiger partial charge in [0, 0.05) is 11.6 Å². The molecular formula is C21H23ClN4O4. The van der Waals surface area contributed by atoms with Crippen molar-refractivity contribution in [2.45, 2.75) is 12.8 Å². The van der Waals surface area contributed by atoms with Crippen molar-refractivity contribution in [2.75, 3.05) is 24.7 Å². The first kappa shape index (κ1) is 22.8. The molecule has 0 atom stereocenters. The molecule has 0 spiro atoms. The molecule has 0 radical (unpaired) electrons. The van der Waals surface area contributed by atoms with Crippen LogP contribution in [0.4, 0.5) is 11.8 Å². The van der Waals surface area contributed by atoms with Crippen LogP contribution >= 0.6 is 12.4 Å². The van der Waals surface area contributed by atoms with Gasteiger partial charge >= 0.3 is 5.97 Å². The third-order valence-electron chi connectivity index (χ3n) is 4.09. The molecule has 30 heavy (non-hydrogen) atoms. The fraction of sp³-hybridized carbons (Fsp3) is 0.190. The highest BCUT2D eigenvalue weighted by Gasteiger charge is 2.13. The number of anilines is 2. The molecule has 0 saturated heterocycles. The fourth-order valence-electron chi connectivity index (χ4n) is 2.88. The van der Waals surface area contributed by atoms with Crippen molar-refractivity contribution >= 4 is 30.1 Å². The van der Waals surface area contributed by atoms with Gasteiger partial charge in [-0.3, -0.25) is 0 Å². The Morgan fingerprint density at radius 1 is 0.967 bits per heavy atom. The number of aliphatic carboxylic acids is 1. The lowest BCUT2D eigenvalue weighted by Gasteiger charge is -2.13. The van der Waals surface area contributed by atoms with Gasteiger partial charge < -0.3 is 26.0 Å². The summed E-state index contributed by atoms with van der Waals surface area (Å²) in [6.45, 7) is 0.0305. The lowest BCUT2D eigenvalue weighted by atomic mass is 10.0. The zero-order chi connectivity index (χ0) is 20.6. The maximum atomic E-state index is 10.6. The van der Waals surface area contributed by atoms with Crippen molar-refractivity contribution in [1.29, 1.82) is 0 Å². The van der Waals surface area contributed by atoms with Crippen molar-refractivity contribution in [1.82, 2.24) is 9.97 Å². The first-order valence-corrected chi connectivity index (χ1v) is 9.07. The molecule has 0 aliphatic rings. The van der Waals surface area contributed by atoms with E-state index in [-0.39, 0.29) is 18.4 Å². The van der Waals surface area contributed by atoms with Gasteiger partial charge in [0.05, 0.1) is 12.3 Å². The highest BCUT2D eigenvalue weighted by Crippen LogP contribution is 2.29. The first-order valence-electron chi connectivity index (χ1n) is 9.07. The second-order valence-corrected chi connectivity index (χ2v) is 6.26. The number of carbonyl (C=O) groups is 1. The van der Waals surface area contributed by atoms with Gasteiger partial charge in [-0.05, 0) is 30.5 Å². The second kappa shape index (κ2) is 10.9. The molecule has 2 aromatic carbocycles. The average Bonchev–Trinajstić information content (AvgIpc) is 2.70. The van der Waals surface area contributed by atoms with Crippen LogP contribution in [0.1, 0.15) is 12.1 Å². The van der Waals surface area contributed by atoms with E-state index in [0.29, 0.717) is 36.8 Å². The van der Waals surface area contributed by atoms with E-state index in [1.54, 1.807) is 24.3 Å². The minimum absolute atomic E-state index is 0. The predicted molar refractivity (Wildman–Crippen MR) is 117 cm³/mol. The van der Waals surface area contributed by atoms with Gasteiger partial charge in [-0.2, -0.15) is 4.98 Å². The molecule has 0 unspecified atom stereocenters. The number of carboxylic acids is 1. The van der Waals surface area contributed by atoms with Gasteiger partial charge in [0.25, 0.3) is 0 Å². The molecular weight excluding hydrogens is 408 g/mol. The van der Waals surface area contributed by atoms with Crippen molar-refractivity contribution in [3.05, 3.63) is 60.3 Å². The van der Waals surface area contributed by atoms with Crippen LogP contribution in [0, 0.1) is 0 Å². The Morgan fingerprint density at radius 2 is 1.67 bits per heavy atom. The van der Waals surface area contributed by atoms with E-state index in [4.69, 9.17) is 26.0 Å². The molecule has 3 rings (SSSR count). The summed E-state index contributed by atoms with van der Waals surface area (Å²) in [6.07, 6.45) is 1.28. The second-order valence-electron chi connectivity index (χ2n) is 6.26. The van der Waals surface area contributed by atoms with Crippen LogP contribution in [0.3, 0.4) is 0 Å². The molecule has 1 aromatic heterocycles. The topological polar surface area (TPSA) is 134 Å². The molecule has 158 valence electrons. The van der Waals surface area contributed by atoms with Crippen LogP contribution in [0.5, 0.6) is 11.5 Å². The third-order valence-corrected chi connectivity index (χ3v) is 4.09. The van der Waals surface area contributed by atoms with Crippen molar-refractivity contribution in [2.24, 2.45) is 0 Å². The minimum Gasteiger partial charge on any atom is -0.493 e. The van der Waals surface area contributed by atoms with Crippen LogP contribution in [0.25, 0.3) is 11.1 Å². The van der Waals surface area contributed by atoms with Crippen LogP contribution < -0.4 is 20.9 Å². The SMILES string of the molecule is Cl.Nc1nc(N)c(-c2ccccc2)c(CCCOc2cccc(OCC(=O)O)c2)n1. The zero-order valence-corrected chi connectivity index (χ0v) is 17.0. The summed E-state index contributed by atoms with van der Waals surface area (Å²) in [5, 5.41) is 8.68. The minimum atomic E-state index is -1.03. The summed E-state index contributed by atoms with van der Waals surface area (Å²) in [5.41, 5.74) is 14.4. The van der Waals surface area contributed by atoms with E-state index >= 15 is 0 Å². The smallest absolute Gasteiger partial charge is 0.341 e. The third kappa shape index (κ3) is 6.25. The number of aromatic nitrogens is 2. The quantitative estimate of drug-likeness (QED) is 0.440. The molecule has 9 heteroatoms. The normalized spacial score (nSPS) is 10.1. The van der Waals surface area contributed by atoms with Gasteiger partial charge in [0.15, 0.2) is 6.61 Å². The number of hydrogen-bond acceptors (Lipinski definition) is 7. The van der Waals surface area contributed by atoms with E-state index < -0.39 is 12.6 Å². The standard InChI is InChI=1S/C21H22N4O4.ClH/c22-20-19(14-6-2-1-3-7-14)17(24-21(23)25-20)10-5-11-28-15-8-4-9-16(12-15)29-13-18(26)27;/h1-4,6-9,12H,5,10-11,13H2,(H,26,27)(H4,22,23,24,25);1H. The van der Waals surface area contributed by atoms with Crippen molar-refractivity contribution < 1.29 is 19.4 Å². The summed E-state index contributed by atoms with van der Waals surface area (Å²) in [6, 6.07) is 16.5. The maximum Gasteiger partial charge on any atom is 0.341 e. The van der Waals surface area contributed by atoms with Crippen LogP contribution in [-0.4, -0.2) is 34.3 Å². The molecule has 5 N–H and O–H groups in total. The number of halogens is 1. The summed E-state index contributed by atoms with van der Waals surface area (Å²) in [7, 11) is 0. The van der Waals surface area contributed by atoms with Gasteiger partial charge in [-0.25, -0.2) is 9.78 Å². The summed E-state index contributed by atoms with van der Waals surface area (Å²) >= 11 is 0. The number of hydrogen-bond donors (Lipinski definition) is 3. The van der Waals surface area contributed by atoms with E-state index in [9.17, 15) is 4.79 Å². The lowest BCUT2D eigenvalue weighted by molar-refractivity contribution is -0.139. The molecule has 0 saturated carbocycles. The molecule has 3 aromatic rings. The Kier molecular flexibility index (Phi) is 8.25. The van der Waals surface area contributed by atoms with Gasteiger partial charge in [0.1, 0.15) is 17.3 Å². The number of benzene rings is 2. The van der Waals surface area contributed by atoms with Crippen molar-refractivity contribution in [3.63, 3.8) is 0 Å². The Labute approximate surface area is 180 Å². The van der Waals surface area contributed by atoms with E-state index in [1.165, 1.54) is 0 Å². The Hall–Kier alpha value is -3.52. The summed E-state index contributed by atoms with van der Waals surface area (Å²) in [5.74, 6) is 0.490. The van der Waals surface area contributed by atoms with Gasteiger partial charge in [-0.15, -0.1) is 12.4 Å². The lowest BCUT2D eigenvalue weighted by Crippen LogP contribution is -2.09.